The summed E-state index contributed by atoms with van der Waals surface area (Å²) in [7, 11) is 0. The second kappa shape index (κ2) is 11.9. The van der Waals surface area contributed by atoms with Gasteiger partial charge in [0.25, 0.3) is 0 Å². The van der Waals surface area contributed by atoms with Crippen LogP contribution in [0.25, 0.3) is 0 Å². The lowest BCUT2D eigenvalue weighted by Crippen LogP contribution is -2.53. The van der Waals surface area contributed by atoms with Crippen molar-refractivity contribution >= 4 is 29.4 Å². The Bertz CT molecular complexity index is 782. The van der Waals surface area contributed by atoms with Gasteiger partial charge in [0.2, 0.25) is 0 Å². The van der Waals surface area contributed by atoms with E-state index in [1.54, 1.807) is 0 Å². The number of piperidine rings is 1. The molecule has 0 amide bonds. The molecule has 2 heterocycles. The molecule has 0 bridgehead atoms. The molecule has 1 aliphatic carbocycles. The Morgan fingerprint density at radius 1 is 0.970 bits per heavy atom. The van der Waals surface area contributed by atoms with Crippen LogP contribution >= 0.6 is 11.8 Å². The zero-order valence-corrected chi connectivity index (χ0v) is 20.7. The predicted molar refractivity (Wildman–Crippen MR) is 135 cm³/mol. The molecule has 4 rings (SSSR count). The van der Waals surface area contributed by atoms with Crippen molar-refractivity contribution in [2.45, 2.75) is 63.3 Å². The number of aliphatic carboxylic acids is 2. The maximum atomic E-state index is 9.55. The van der Waals surface area contributed by atoms with E-state index in [4.69, 9.17) is 10.2 Å². The average Bonchev–Trinajstić information content (AvgIpc) is 3.22. The molecule has 1 aromatic carbocycles. The van der Waals surface area contributed by atoms with Crippen LogP contribution in [0, 0.1) is 11.8 Å². The second-order valence-corrected chi connectivity index (χ2v) is 11.1. The first kappa shape index (κ1) is 25.6. The lowest BCUT2D eigenvalue weighted by atomic mass is 9.79. The quantitative estimate of drug-likeness (QED) is 0.584. The molecule has 0 radical (unpaired) electrons. The van der Waals surface area contributed by atoms with E-state index in [1.807, 2.05) is 0 Å². The van der Waals surface area contributed by atoms with Crippen LogP contribution in [-0.4, -0.2) is 63.4 Å². The lowest BCUT2D eigenvalue weighted by Gasteiger charge is -2.48. The van der Waals surface area contributed by atoms with E-state index in [2.05, 4.69) is 65.7 Å². The van der Waals surface area contributed by atoms with Crippen molar-refractivity contribution in [3.05, 3.63) is 42.5 Å². The van der Waals surface area contributed by atoms with Crippen LogP contribution in [-0.2, 0) is 9.59 Å². The van der Waals surface area contributed by atoms with Crippen LogP contribution < -0.4 is 4.90 Å². The number of nitrogens with zero attached hydrogens (tertiary/aromatic N) is 2. The highest BCUT2D eigenvalue weighted by molar-refractivity contribution is 8.01. The van der Waals surface area contributed by atoms with Crippen LogP contribution in [0.15, 0.2) is 42.5 Å². The molecule has 2 N–H and O–H groups in total. The number of anilines is 1. The zero-order chi connectivity index (χ0) is 23.8. The molecule has 1 aromatic rings. The molecule has 3 fully saturated rings. The van der Waals surface area contributed by atoms with E-state index in [9.17, 15) is 9.59 Å². The zero-order valence-electron chi connectivity index (χ0n) is 19.9. The Morgan fingerprint density at radius 3 is 2.06 bits per heavy atom. The van der Waals surface area contributed by atoms with Crippen LogP contribution in [0.5, 0.6) is 0 Å². The van der Waals surface area contributed by atoms with Crippen LogP contribution in [0.4, 0.5) is 5.69 Å². The van der Waals surface area contributed by atoms with E-state index in [1.165, 1.54) is 69.6 Å². The number of thioether (sulfide) groups is 1. The minimum Gasteiger partial charge on any atom is -0.478 e. The molecule has 6 nitrogen and oxygen atoms in total. The third-order valence-electron chi connectivity index (χ3n) is 7.39. The minimum atomic E-state index is -1.26. The Morgan fingerprint density at radius 2 is 1.55 bits per heavy atom. The fourth-order valence-corrected chi connectivity index (χ4v) is 6.99. The van der Waals surface area contributed by atoms with Gasteiger partial charge in [0.1, 0.15) is 0 Å². The number of benzene rings is 1. The summed E-state index contributed by atoms with van der Waals surface area (Å²) in [4.78, 5) is 25.0. The summed E-state index contributed by atoms with van der Waals surface area (Å²) in [5.74, 6) is 0.625. The first-order valence-electron chi connectivity index (χ1n) is 12.2. The Kier molecular flexibility index (Phi) is 9.27. The van der Waals surface area contributed by atoms with Crippen molar-refractivity contribution in [1.82, 2.24) is 4.90 Å². The monoisotopic (exact) mass is 474 g/mol. The Labute approximate surface area is 202 Å². The molecule has 0 atom stereocenters. The Balaban J connectivity index is 0.000000331. The van der Waals surface area contributed by atoms with Crippen molar-refractivity contribution in [2.24, 2.45) is 11.8 Å². The number of carboxylic acid groups (broad SMARTS) is 2. The van der Waals surface area contributed by atoms with E-state index >= 15 is 0 Å². The first-order valence-corrected chi connectivity index (χ1v) is 13.1. The van der Waals surface area contributed by atoms with Gasteiger partial charge in [0.05, 0.1) is 4.87 Å². The molecule has 7 heteroatoms. The maximum Gasteiger partial charge on any atom is 0.328 e. The first-order chi connectivity index (χ1) is 15.8. The summed E-state index contributed by atoms with van der Waals surface area (Å²) in [6, 6.07) is 12.0. The van der Waals surface area contributed by atoms with Gasteiger partial charge in [-0.1, -0.05) is 32.0 Å². The minimum absolute atomic E-state index is 0.368. The summed E-state index contributed by atoms with van der Waals surface area (Å²) < 4.78 is 0. The van der Waals surface area contributed by atoms with Gasteiger partial charge < -0.3 is 20.0 Å². The molecule has 3 aliphatic rings. The largest absolute Gasteiger partial charge is 0.478 e. The van der Waals surface area contributed by atoms with E-state index in [-0.39, 0.29) is 0 Å². The van der Waals surface area contributed by atoms with E-state index in [0.29, 0.717) is 17.0 Å². The molecule has 2 aliphatic heterocycles. The molecule has 2 saturated heterocycles. The fraction of sp³-hybridized carbons (Fsp3) is 0.615. The lowest BCUT2D eigenvalue weighted by molar-refractivity contribution is -0.134. The average molecular weight is 475 g/mol. The summed E-state index contributed by atoms with van der Waals surface area (Å²) in [6.45, 7) is 8.63. The predicted octanol–water partition coefficient (Wildman–Crippen LogP) is 4.96. The molecule has 1 saturated carbocycles. The van der Waals surface area contributed by atoms with Crippen LogP contribution in [0.1, 0.15) is 52.4 Å². The highest BCUT2D eigenvalue weighted by Crippen LogP contribution is 2.47. The number of carboxylic acids is 2. The molecular weight excluding hydrogens is 436 g/mol. The molecule has 0 unspecified atom stereocenters. The van der Waals surface area contributed by atoms with Gasteiger partial charge >= 0.3 is 11.9 Å². The van der Waals surface area contributed by atoms with Gasteiger partial charge in [0.15, 0.2) is 0 Å². The molecule has 182 valence electrons. The number of likely N-dealkylation sites (tertiary alicyclic amines) is 1. The van der Waals surface area contributed by atoms with Crippen molar-refractivity contribution < 1.29 is 19.8 Å². The van der Waals surface area contributed by atoms with Crippen molar-refractivity contribution in [1.29, 1.82) is 0 Å². The number of rotatable bonds is 5. The fourth-order valence-electron chi connectivity index (χ4n) is 5.51. The van der Waals surface area contributed by atoms with Gasteiger partial charge in [-0.2, -0.15) is 0 Å². The summed E-state index contributed by atoms with van der Waals surface area (Å²) in [6.07, 6.45) is 9.55. The van der Waals surface area contributed by atoms with Gasteiger partial charge in [-0.3, -0.25) is 0 Å². The number of hydrogen-bond acceptors (Lipinski definition) is 5. The molecule has 0 aromatic heterocycles. The Hall–Kier alpha value is -1.99. The smallest absolute Gasteiger partial charge is 0.328 e. The summed E-state index contributed by atoms with van der Waals surface area (Å²) >= 11 is 2.22. The van der Waals surface area contributed by atoms with Gasteiger partial charge in [-0.15, -0.1) is 11.8 Å². The summed E-state index contributed by atoms with van der Waals surface area (Å²) in [5, 5.41) is 15.6. The molecule has 33 heavy (non-hydrogen) atoms. The van der Waals surface area contributed by atoms with E-state index in [0.717, 1.165) is 17.9 Å². The molecule has 1 spiro atoms. The van der Waals surface area contributed by atoms with Gasteiger partial charge in [0, 0.05) is 49.3 Å². The van der Waals surface area contributed by atoms with Crippen LogP contribution in [0.2, 0.25) is 0 Å². The number of carbonyl (C=O) groups is 2. The number of hydrogen-bond donors (Lipinski definition) is 2. The third kappa shape index (κ3) is 7.00. The topological polar surface area (TPSA) is 81.1 Å². The highest BCUT2D eigenvalue weighted by Gasteiger charge is 2.45. The van der Waals surface area contributed by atoms with Gasteiger partial charge in [-0.05, 0) is 62.5 Å². The highest BCUT2D eigenvalue weighted by atomic mass is 32.2. The van der Waals surface area contributed by atoms with Crippen molar-refractivity contribution in [3.8, 4) is 0 Å². The number of para-hydroxylation sites is 1. The van der Waals surface area contributed by atoms with E-state index < -0.39 is 11.9 Å². The van der Waals surface area contributed by atoms with Crippen molar-refractivity contribution in [3.63, 3.8) is 0 Å². The van der Waals surface area contributed by atoms with Crippen LogP contribution in [0.3, 0.4) is 0 Å². The normalized spacial score (nSPS) is 25.2. The standard InChI is InChI=1S/C22H34N2S.C4H4O4/c1-18(2)19-8-10-20(11-9-19)23-14-12-22(13-15-23)24(16-17-25-22)21-6-4-3-5-7-21;5-3(6)1-2-4(7)8/h3-7,18-20H,8-17H2,1-2H3;1-2H,(H,5,6)(H,7,8). The van der Waals surface area contributed by atoms with Gasteiger partial charge in [-0.25, -0.2) is 9.59 Å². The second-order valence-electron chi connectivity index (χ2n) is 9.64. The van der Waals surface area contributed by atoms with Crippen molar-refractivity contribution in [2.75, 3.05) is 30.3 Å². The SMILES string of the molecule is CC(C)C1CCC(N2CCC3(CC2)SCCN3c2ccccc2)CC1.O=C(O)C=CC(=O)O. The summed E-state index contributed by atoms with van der Waals surface area (Å²) in [5.41, 5.74) is 1.43. The third-order valence-corrected chi connectivity index (χ3v) is 8.95. The maximum absolute atomic E-state index is 9.55. The molecular formula is C26H38N2O4S.